The molecular weight excluding hydrogens is 374 g/mol. The van der Waals surface area contributed by atoms with Gasteiger partial charge in [-0.1, -0.05) is 11.8 Å². The molecule has 2 fully saturated rings. The van der Waals surface area contributed by atoms with Gasteiger partial charge in [-0.25, -0.2) is 13.8 Å². The van der Waals surface area contributed by atoms with E-state index in [4.69, 9.17) is 0 Å². The van der Waals surface area contributed by atoms with Crippen LogP contribution in [0.1, 0.15) is 24.8 Å². The number of alkyl halides is 1. The van der Waals surface area contributed by atoms with Crippen LogP contribution in [0.15, 0.2) is 29.2 Å². The Balaban J connectivity index is 1.74. The molecule has 0 unspecified atom stereocenters. The van der Waals surface area contributed by atoms with Crippen LogP contribution in [0.4, 0.5) is 14.6 Å². The van der Waals surface area contributed by atoms with Crippen molar-refractivity contribution in [2.75, 3.05) is 18.4 Å². The summed E-state index contributed by atoms with van der Waals surface area (Å²) in [7, 11) is 0. The first kappa shape index (κ1) is 18.1. The van der Waals surface area contributed by atoms with Gasteiger partial charge in [0.1, 0.15) is 17.8 Å². The molecule has 1 saturated heterocycles. The van der Waals surface area contributed by atoms with Gasteiger partial charge in [-0.3, -0.25) is 4.79 Å². The van der Waals surface area contributed by atoms with Gasteiger partial charge >= 0.3 is 0 Å². The lowest BCUT2D eigenvalue weighted by Gasteiger charge is -2.28. The third kappa shape index (κ3) is 3.45. The SMILES string of the molecule is O=c1[nH]cc(C#CC2CC2)c2nc(N[C@@H]3CCNC[C@H]3F)c3ccc(F)cc3c12. The Bertz CT molecular complexity index is 1220. The fourth-order valence-electron chi connectivity index (χ4n) is 3.76. The summed E-state index contributed by atoms with van der Waals surface area (Å²) in [4.78, 5) is 20.0. The second-order valence-corrected chi connectivity index (χ2v) is 7.71. The summed E-state index contributed by atoms with van der Waals surface area (Å²) in [5.74, 6) is 6.67. The zero-order chi connectivity index (χ0) is 20.0. The molecule has 0 spiro atoms. The number of nitrogens with zero attached hydrogens (tertiary/aromatic N) is 1. The number of fused-ring (bicyclic) bond motifs is 3. The van der Waals surface area contributed by atoms with E-state index in [0.29, 0.717) is 51.9 Å². The number of halogens is 2. The first-order valence-corrected chi connectivity index (χ1v) is 9.87. The molecule has 3 heterocycles. The number of hydrogen-bond donors (Lipinski definition) is 3. The van der Waals surface area contributed by atoms with Gasteiger partial charge in [-0.15, -0.1) is 0 Å². The van der Waals surface area contributed by atoms with Crippen LogP contribution in [-0.2, 0) is 0 Å². The third-order valence-corrected chi connectivity index (χ3v) is 5.51. The molecular formula is C22H20F2N4O. The van der Waals surface area contributed by atoms with E-state index in [-0.39, 0.29) is 12.1 Å². The predicted molar refractivity (Wildman–Crippen MR) is 109 cm³/mol. The maximum atomic E-state index is 14.4. The monoisotopic (exact) mass is 394 g/mol. The maximum Gasteiger partial charge on any atom is 0.258 e. The third-order valence-electron chi connectivity index (χ3n) is 5.51. The van der Waals surface area contributed by atoms with E-state index in [2.05, 4.69) is 32.4 Å². The number of hydrogen-bond acceptors (Lipinski definition) is 4. The molecule has 2 atom stereocenters. The number of aromatic amines is 1. The number of anilines is 1. The first-order chi connectivity index (χ1) is 14.1. The van der Waals surface area contributed by atoms with E-state index >= 15 is 0 Å². The highest BCUT2D eigenvalue weighted by Crippen LogP contribution is 2.31. The smallest absolute Gasteiger partial charge is 0.258 e. The molecule has 0 radical (unpaired) electrons. The minimum Gasteiger partial charge on any atom is -0.364 e. The highest BCUT2D eigenvalue weighted by molar-refractivity contribution is 6.10. The molecule has 0 amide bonds. The van der Waals surface area contributed by atoms with Gasteiger partial charge in [0.25, 0.3) is 5.56 Å². The second-order valence-electron chi connectivity index (χ2n) is 7.71. The van der Waals surface area contributed by atoms with Crippen molar-refractivity contribution in [3.63, 3.8) is 0 Å². The van der Waals surface area contributed by atoms with Crippen LogP contribution in [-0.4, -0.2) is 35.3 Å². The fourth-order valence-corrected chi connectivity index (χ4v) is 3.76. The Morgan fingerprint density at radius 1 is 1.21 bits per heavy atom. The zero-order valence-electron chi connectivity index (χ0n) is 15.7. The van der Waals surface area contributed by atoms with E-state index < -0.39 is 18.0 Å². The quantitative estimate of drug-likeness (QED) is 0.462. The zero-order valence-corrected chi connectivity index (χ0v) is 15.7. The molecule has 1 aliphatic carbocycles. The fraction of sp³-hybridized carbons (Fsp3) is 0.364. The van der Waals surface area contributed by atoms with E-state index in [1.54, 1.807) is 12.3 Å². The number of benzene rings is 1. The van der Waals surface area contributed by atoms with Crippen LogP contribution in [0.5, 0.6) is 0 Å². The van der Waals surface area contributed by atoms with Crippen molar-refractivity contribution in [3.05, 3.63) is 46.1 Å². The van der Waals surface area contributed by atoms with Crippen molar-refractivity contribution in [3.8, 4) is 11.8 Å². The van der Waals surface area contributed by atoms with Crippen molar-refractivity contribution in [1.29, 1.82) is 0 Å². The Morgan fingerprint density at radius 3 is 2.86 bits per heavy atom. The summed E-state index contributed by atoms with van der Waals surface area (Å²) in [6, 6.07) is 3.82. The van der Waals surface area contributed by atoms with Crippen molar-refractivity contribution >= 4 is 27.5 Å². The number of H-pyrrole nitrogens is 1. The van der Waals surface area contributed by atoms with E-state index in [1.165, 1.54) is 12.1 Å². The van der Waals surface area contributed by atoms with Crippen LogP contribution in [0.2, 0.25) is 0 Å². The van der Waals surface area contributed by atoms with Crippen molar-refractivity contribution < 1.29 is 8.78 Å². The summed E-state index contributed by atoms with van der Waals surface area (Å²) < 4.78 is 28.4. The Kier molecular flexibility index (Phi) is 4.44. The van der Waals surface area contributed by atoms with E-state index in [9.17, 15) is 13.6 Å². The summed E-state index contributed by atoms with van der Waals surface area (Å²) >= 11 is 0. The molecule has 1 aliphatic heterocycles. The molecule has 148 valence electrons. The van der Waals surface area contributed by atoms with Gasteiger partial charge in [-0.05, 0) is 44.0 Å². The van der Waals surface area contributed by atoms with Crippen molar-refractivity contribution in [2.45, 2.75) is 31.5 Å². The van der Waals surface area contributed by atoms with Crippen LogP contribution in [0.25, 0.3) is 21.7 Å². The highest BCUT2D eigenvalue weighted by atomic mass is 19.1. The lowest BCUT2D eigenvalue weighted by atomic mass is 10.0. The summed E-state index contributed by atoms with van der Waals surface area (Å²) in [5.41, 5.74) is 0.645. The van der Waals surface area contributed by atoms with Gasteiger partial charge in [0.15, 0.2) is 0 Å². The molecule has 5 nitrogen and oxygen atoms in total. The average molecular weight is 394 g/mol. The van der Waals surface area contributed by atoms with Gasteiger partial charge in [0.05, 0.1) is 22.5 Å². The maximum absolute atomic E-state index is 14.4. The number of pyridine rings is 2. The van der Waals surface area contributed by atoms with E-state index in [1.807, 2.05) is 0 Å². The number of aromatic nitrogens is 2. The first-order valence-electron chi connectivity index (χ1n) is 9.87. The summed E-state index contributed by atoms with van der Waals surface area (Å²) in [5, 5.41) is 7.55. The number of rotatable bonds is 2. The normalized spacial score (nSPS) is 21.7. The second kappa shape index (κ2) is 7.12. The number of piperidine rings is 1. The molecule has 1 saturated carbocycles. The largest absolute Gasteiger partial charge is 0.364 e. The van der Waals surface area contributed by atoms with Crippen LogP contribution >= 0.6 is 0 Å². The van der Waals surface area contributed by atoms with Gasteiger partial charge in [0.2, 0.25) is 0 Å². The van der Waals surface area contributed by atoms with E-state index in [0.717, 1.165) is 12.8 Å². The minimum absolute atomic E-state index is 0.273. The van der Waals surface area contributed by atoms with Gasteiger partial charge in [-0.2, -0.15) is 0 Å². The Hall–Kier alpha value is -2.98. The van der Waals surface area contributed by atoms with Crippen LogP contribution in [0, 0.1) is 23.6 Å². The standard InChI is InChI=1S/C22H20F2N4O/c23-14-5-6-15-16(9-14)19-20(13(10-26-22(19)29)4-3-12-1-2-12)28-21(15)27-18-7-8-25-11-17(18)24/h5-6,9-10,12,17-18,25H,1-2,7-8,11H2,(H,26,29)(H,27,28)/t17-,18-/m1/s1. The minimum atomic E-state index is -1.06. The highest BCUT2D eigenvalue weighted by Gasteiger charge is 2.26. The molecule has 5 rings (SSSR count). The van der Waals surface area contributed by atoms with Gasteiger partial charge in [0, 0.05) is 29.4 Å². The number of nitrogens with one attached hydrogen (secondary N) is 3. The molecule has 7 heteroatoms. The molecule has 3 aromatic rings. The molecule has 2 aliphatic rings. The Labute approximate surface area is 165 Å². The summed E-state index contributed by atoms with van der Waals surface area (Å²) in [6.07, 6.45) is 3.25. The topological polar surface area (TPSA) is 69.8 Å². The lowest BCUT2D eigenvalue weighted by Crippen LogP contribution is -2.45. The predicted octanol–water partition coefficient (Wildman–Crippen LogP) is 3.09. The average Bonchev–Trinajstić information content (AvgIpc) is 3.53. The van der Waals surface area contributed by atoms with Crippen LogP contribution < -0.4 is 16.2 Å². The van der Waals surface area contributed by atoms with Gasteiger partial charge < -0.3 is 15.6 Å². The molecule has 2 aromatic heterocycles. The molecule has 1 aromatic carbocycles. The molecule has 29 heavy (non-hydrogen) atoms. The van der Waals surface area contributed by atoms with Crippen molar-refractivity contribution in [1.82, 2.24) is 15.3 Å². The van der Waals surface area contributed by atoms with Crippen LogP contribution in [0.3, 0.4) is 0 Å². The lowest BCUT2D eigenvalue weighted by molar-refractivity contribution is 0.245. The summed E-state index contributed by atoms with van der Waals surface area (Å²) in [6.45, 7) is 0.978. The van der Waals surface area contributed by atoms with Crippen molar-refractivity contribution in [2.24, 2.45) is 5.92 Å². The Morgan fingerprint density at radius 2 is 2.07 bits per heavy atom. The molecule has 0 bridgehead atoms. The molecule has 3 N–H and O–H groups in total.